The maximum atomic E-state index is 13.6. The van der Waals surface area contributed by atoms with Crippen LogP contribution < -0.4 is 0 Å². The molecule has 0 saturated carbocycles. The van der Waals surface area contributed by atoms with Gasteiger partial charge in [-0.1, -0.05) is 37.1 Å². The van der Waals surface area contributed by atoms with Crippen LogP contribution in [0.25, 0.3) is 6.08 Å². The van der Waals surface area contributed by atoms with E-state index in [1.807, 2.05) is 6.07 Å². The second-order valence-corrected chi connectivity index (χ2v) is 11.1. The predicted octanol–water partition coefficient (Wildman–Crippen LogP) is 4.05. The summed E-state index contributed by atoms with van der Waals surface area (Å²) < 4.78 is 11.6. The average molecular weight is 553 g/mol. The molecule has 2 amide bonds. The lowest BCUT2D eigenvalue weighted by atomic mass is 9.58. The number of rotatable bonds is 13. The summed E-state index contributed by atoms with van der Waals surface area (Å²) in [5.41, 5.74) is 4.06. The molecule has 0 aromatic heterocycles. The number of hydrogen-bond acceptors (Lipinski definition) is 7. The molecule has 216 valence electrons. The van der Waals surface area contributed by atoms with E-state index >= 15 is 0 Å². The molecule has 0 unspecified atom stereocenters. The van der Waals surface area contributed by atoms with Gasteiger partial charge in [0.05, 0.1) is 24.5 Å². The fraction of sp³-hybridized carbons (Fsp3) is 0.567. The van der Waals surface area contributed by atoms with E-state index in [4.69, 9.17) is 14.5 Å². The minimum Gasteiger partial charge on any atom is -0.508 e. The third-order valence-corrected chi connectivity index (χ3v) is 8.41. The molecule has 0 radical (unpaired) electrons. The Bertz CT molecular complexity index is 1160. The Morgan fingerprint density at radius 2 is 1.98 bits per heavy atom. The van der Waals surface area contributed by atoms with Crippen molar-refractivity contribution in [2.45, 2.75) is 70.7 Å². The van der Waals surface area contributed by atoms with Crippen LogP contribution in [0.4, 0.5) is 0 Å². The Morgan fingerprint density at radius 3 is 2.67 bits per heavy atom. The molecule has 40 heavy (non-hydrogen) atoms. The van der Waals surface area contributed by atoms with E-state index in [-0.39, 0.29) is 42.8 Å². The molecule has 4 atom stereocenters. The van der Waals surface area contributed by atoms with Gasteiger partial charge in [-0.05, 0) is 79.6 Å². The molecule has 9 nitrogen and oxygen atoms in total. The molecule has 2 fully saturated rings. The van der Waals surface area contributed by atoms with E-state index in [2.05, 4.69) is 13.0 Å². The van der Waals surface area contributed by atoms with E-state index in [1.165, 1.54) is 10.5 Å². The van der Waals surface area contributed by atoms with Crippen molar-refractivity contribution in [2.24, 2.45) is 17.8 Å². The monoisotopic (exact) mass is 553 g/mol. The van der Waals surface area contributed by atoms with Gasteiger partial charge in [-0.2, -0.15) is 0 Å². The lowest BCUT2D eigenvalue weighted by Gasteiger charge is -2.43. The zero-order valence-electron chi connectivity index (χ0n) is 23.4. The number of allylic oxidation sites excluding steroid dienone is 1. The molecular weight excluding hydrogens is 513 g/mol. The number of carbonyl (C=O) groups excluding carboxylic acids is 2. The van der Waals surface area contributed by atoms with E-state index in [0.717, 1.165) is 23.1 Å². The number of unbranched alkanes of at least 4 members (excludes halogenated alkanes) is 2. The van der Waals surface area contributed by atoms with Crippen LogP contribution in [0.2, 0.25) is 6.32 Å². The van der Waals surface area contributed by atoms with Crippen molar-refractivity contribution in [3.63, 3.8) is 0 Å². The van der Waals surface area contributed by atoms with Crippen molar-refractivity contribution in [3.05, 3.63) is 46.5 Å². The van der Waals surface area contributed by atoms with E-state index < -0.39 is 31.0 Å². The number of fused-ring (bicyclic) bond motifs is 3. The fourth-order valence-electron chi connectivity index (χ4n) is 6.60. The Morgan fingerprint density at radius 1 is 1.18 bits per heavy atom. The van der Waals surface area contributed by atoms with Crippen LogP contribution in [0.1, 0.15) is 63.9 Å². The van der Waals surface area contributed by atoms with Gasteiger partial charge in [0.2, 0.25) is 11.8 Å². The highest BCUT2D eigenvalue weighted by atomic mass is 16.5. The summed E-state index contributed by atoms with van der Waals surface area (Å²) in [6, 6.07) is 7.09. The van der Waals surface area contributed by atoms with Crippen molar-refractivity contribution in [3.8, 4) is 5.75 Å². The van der Waals surface area contributed by atoms with Gasteiger partial charge in [0.25, 0.3) is 0 Å². The van der Waals surface area contributed by atoms with Crippen LogP contribution in [-0.4, -0.2) is 71.4 Å². The molecule has 2 saturated heterocycles. The molecule has 1 aliphatic carbocycles. The number of aliphatic carboxylic acids is 1. The molecule has 0 bridgehead atoms. The van der Waals surface area contributed by atoms with Crippen LogP contribution in [0.5, 0.6) is 5.75 Å². The second kappa shape index (κ2) is 13.6. The smallest absolute Gasteiger partial charge is 0.455 e. The molecule has 10 heteroatoms. The van der Waals surface area contributed by atoms with Crippen LogP contribution in [0.3, 0.4) is 0 Å². The Labute approximate surface area is 236 Å². The first-order valence-electron chi connectivity index (χ1n) is 14.3. The molecule has 0 spiro atoms. The first-order valence-corrected chi connectivity index (χ1v) is 14.3. The van der Waals surface area contributed by atoms with Gasteiger partial charge in [-0.15, -0.1) is 0 Å². The predicted molar refractivity (Wildman–Crippen MR) is 150 cm³/mol. The molecule has 2 aliphatic heterocycles. The highest BCUT2D eigenvalue weighted by molar-refractivity contribution is 6.43. The summed E-state index contributed by atoms with van der Waals surface area (Å²) in [7, 11) is 0.579. The first kappa shape index (κ1) is 30.0. The number of benzene rings is 1. The number of phenols is 1. The minimum atomic E-state index is -1.03. The molecule has 4 rings (SSSR count). The highest BCUT2D eigenvalue weighted by Gasteiger charge is 2.57. The summed E-state index contributed by atoms with van der Waals surface area (Å²) >= 11 is 0. The van der Waals surface area contributed by atoms with Crippen LogP contribution in [-0.2, 0) is 23.8 Å². The third kappa shape index (κ3) is 6.85. The number of hydrogen-bond donors (Lipinski definition) is 3. The van der Waals surface area contributed by atoms with Crippen molar-refractivity contribution in [2.75, 3.05) is 20.3 Å². The maximum absolute atomic E-state index is 13.6. The number of amides is 2. The molecule has 3 N–H and O–H groups in total. The highest BCUT2D eigenvalue weighted by Crippen LogP contribution is 2.50. The first-order chi connectivity index (χ1) is 19.2. The number of ether oxygens (including phenoxy) is 1. The van der Waals surface area contributed by atoms with Crippen molar-refractivity contribution in [1.29, 1.82) is 0 Å². The maximum Gasteiger partial charge on any atom is 0.455 e. The SMILES string of the molecule is CC/C(=C\c1cccc(O)c1)CC[C@H]1OB(O)C[C@H]2C1=C(COC)C[C@H]1C(=O)N(CCCCCC(=O)O)C(=O)[C@H]12. The van der Waals surface area contributed by atoms with Gasteiger partial charge in [0.15, 0.2) is 0 Å². The van der Waals surface area contributed by atoms with Gasteiger partial charge in [-0.3, -0.25) is 19.3 Å². The standard InChI is InChI=1S/C30H40BNO8/c1-3-19(14-20-8-7-9-22(33)15-20)11-12-25-27-21(18-39-2)16-23-28(24(27)17-31(38)40-25)30(37)32(29(23)36)13-6-4-5-10-26(34)35/h7-9,14-15,23-25,28,33,38H,3-6,10-13,16-18H2,1-2H3,(H,34,35)/b19-14+/t23-,24+,25-,28-/m1/s1. The number of carboxylic acids is 1. The Kier molecular flexibility index (Phi) is 10.2. The van der Waals surface area contributed by atoms with E-state index in [9.17, 15) is 24.5 Å². The number of imide groups is 1. The van der Waals surface area contributed by atoms with Crippen LogP contribution >= 0.6 is 0 Å². The minimum absolute atomic E-state index is 0.0743. The normalized spacial score (nSPS) is 24.9. The van der Waals surface area contributed by atoms with E-state index in [1.54, 1.807) is 25.3 Å². The Balaban J connectivity index is 1.52. The quantitative estimate of drug-likeness (QED) is 0.144. The molecule has 1 aromatic rings. The summed E-state index contributed by atoms with van der Waals surface area (Å²) in [6.07, 6.45) is 6.27. The third-order valence-electron chi connectivity index (χ3n) is 8.41. The van der Waals surface area contributed by atoms with Gasteiger partial charge >= 0.3 is 13.1 Å². The zero-order chi connectivity index (χ0) is 28.8. The van der Waals surface area contributed by atoms with E-state index in [0.29, 0.717) is 45.1 Å². The average Bonchev–Trinajstić information content (AvgIpc) is 3.15. The zero-order valence-corrected chi connectivity index (χ0v) is 23.4. The number of carboxylic acid groups (broad SMARTS) is 1. The summed E-state index contributed by atoms with van der Waals surface area (Å²) in [4.78, 5) is 39.1. The van der Waals surface area contributed by atoms with Gasteiger partial charge in [-0.25, -0.2) is 0 Å². The lowest BCUT2D eigenvalue weighted by molar-refractivity contribution is -0.141. The lowest BCUT2D eigenvalue weighted by Crippen LogP contribution is -2.46. The molecule has 2 heterocycles. The molecular formula is C30H40BNO8. The molecule has 1 aromatic carbocycles. The summed E-state index contributed by atoms with van der Waals surface area (Å²) in [5, 5.41) is 29.4. The number of nitrogens with zero attached hydrogens (tertiary/aromatic N) is 1. The number of phenolic OH excluding ortho intramolecular Hbond substituents is 1. The van der Waals surface area contributed by atoms with Crippen molar-refractivity contribution in [1.82, 2.24) is 4.90 Å². The van der Waals surface area contributed by atoms with Gasteiger partial charge < -0.3 is 24.6 Å². The summed E-state index contributed by atoms with van der Waals surface area (Å²) in [6.45, 7) is 2.70. The molecule has 3 aliphatic rings. The number of carbonyl (C=O) groups is 3. The van der Waals surface area contributed by atoms with Crippen molar-refractivity contribution < 1.29 is 39.0 Å². The largest absolute Gasteiger partial charge is 0.508 e. The summed E-state index contributed by atoms with van der Waals surface area (Å²) in [5.74, 6) is -2.32. The van der Waals surface area contributed by atoms with Crippen LogP contribution in [0, 0.1) is 17.8 Å². The number of methoxy groups -OCH3 is 1. The number of likely N-dealkylation sites (tertiary alicyclic amines) is 1. The number of aromatic hydroxyl groups is 1. The van der Waals surface area contributed by atoms with Gasteiger partial charge in [0, 0.05) is 20.1 Å². The second-order valence-electron chi connectivity index (χ2n) is 11.1. The topological polar surface area (TPSA) is 134 Å². The van der Waals surface area contributed by atoms with Gasteiger partial charge in [0.1, 0.15) is 5.75 Å². The Hall–Kier alpha value is -2.95. The van der Waals surface area contributed by atoms with Crippen LogP contribution in [0.15, 0.2) is 41.0 Å². The fourth-order valence-corrected chi connectivity index (χ4v) is 6.60. The van der Waals surface area contributed by atoms with Crippen molar-refractivity contribution >= 4 is 31.0 Å².